The summed E-state index contributed by atoms with van der Waals surface area (Å²) in [6.07, 6.45) is -5.90. The fraction of sp³-hybridized carbons (Fsp3) is 0.889. The van der Waals surface area contributed by atoms with E-state index < -0.39 is 51.4 Å². The average molecular weight is 478 g/mol. The van der Waals surface area contributed by atoms with Crippen molar-refractivity contribution in [3.8, 4) is 0 Å². The maximum absolute atomic E-state index is 13.4. The van der Waals surface area contributed by atoms with E-state index in [0.29, 0.717) is 17.8 Å². The summed E-state index contributed by atoms with van der Waals surface area (Å²) in [6.45, 7) is -0.318. The third-order valence-corrected chi connectivity index (χ3v) is 7.33. The molecule has 0 aromatic carbocycles. The Bertz CT molecular complexity index is 788. The Morgan fingerprint density at radius 1 is 1.00 bits per heavy atom. The van der Waals surface area contributed by atoms with Crippen LogP contribution in [-0.4, -0.2) is 49.1 Å². The molecule has 0 heterocycles. The quantitative estimate of drug-likeness (QED) is 0.246. The molecular formula is C18H23F5O7S. The molecule has 0 spiro atoms. The van der Waals surface area contributed by atoms with Crippen LogP contribution in [0.25, 0.3) is 0 Å². The van der Waals surface area contributed by atoms with Gasteiger partial charge >= 0.3 is 33.5 Å². The fourth-order valence-corrected chi connectivity index (χ4v) is 6.00. The summed E-state index contributed by atoms with van der Waals surface area (Å²) in [7, 11) is -6.49. The smallest absolute Gasteiger partial charge is 0.432 e. The molecule has 0 aliphatic heterocycles. The molecule has 4 rings (SSSR count). The van der Waals surface area contributed by atoms with Crippen molar-refractivity contribution < 1.29 is 54.0 Å². The molecule has 7 nitrogen and oxygen atoms in total. The first kappa shape index (κ1) is 24.1. The number of hydrogen-bond donors (Lipinski definition) is 1. The van der Waals surface area contributed by atoms with E-state index in [9.17, 15) is 40.0 Å². The van der Waals surface area contributed by atoms with Crippen molar-refractivity contribution in [2.45, 2.75) is 68.9 Å². The zero-order valence-electron chi connectivity index (χ0n) is 16.4. The number of ether oxygens (including phenoxy) is 2. The molecule has 1 unspecified atom stereocenters. The van der Waals surface area contributed by atoms with Crippen LogP contribution in [0.5, 0.6) is 0 Å². The highest BCUT2D eigenvalue weighted by molar-refractivity contribution is 7.86. The minimum absolute atomic E-state index is 0.293. The summed E-state index contributed by atoms with van der Waals surface area (Å²) >= 11 is 0. The van der Waals surface area contributed by atoms with Crippen LogP contribution in [0.4, 0.5) is 22.0 Å². The van der Waals surface area contributed by atoms with Crippen molar-refractivity contribution >= 4 is 22.1 Å². The molecule has 1 N–H and O–H groups in total. The molecule has 4 bridgehead atoms. The van der Waals surface area contributed by atoms with E-state index in [1.807, 2.05) is 0 Å². The van der Waals surface area contributed by atoms with Crippen molar-refractivity contribution in [1.82, 2.24) is 0 Å². The highest BCUT2D eigenvalue weighted by atomic mass is 32.2. The Balaban J connectivity index is 1.49. The lowest BCUT2D eigenvalue weighted by Gasteiger charge is -2.55. The predicted octanol–water partition coefficient (Wildman–Crippen LogP) is 3.48. The van der Waals surface area contributed by atoms with E-state index in [1.165, 1.54) is 0 Å². The molecule has 0 aromatic heterocycles. The van der Waals surface area contributed by atoms with Gasteiger partial charge in [-0.05, 0) is 62.7 Å². The normalized spacial score (nSPS) is 31.4. The standard InChI is InChI=1S/C18H23F5O7S/c19-17(20,21)14(18(22,23)31(26,27)28)30-13(24)2-1-3-29-15(25)16-7-10-4-11(8-16)6-12(5-10)9-16/h10-12,14H,1-9H2,(H,26,27,28). The summed E-state index contributed by atoms with van der Waals surface area (Å²) in [4.78, 5) is 24.2. The fourth-order valence-electron chi connectivity index (χ4n) is 5.55. The largest absolute Gasteiger partial charge is 0.465 e. The molecule has 0 saturated heterocycles. The molecule has 178 valence electrons. The Kier molecular flexibility index (Phi) is 6.33. The highest BCUT2D eigenvalue weighted by Crippen LogP contribution is 2.60. The van der Waals surface area contributed by atoms with Crippen LogP contribution in [0.2, 0.25) is 0 Å². The summed E-state index contributed by atoms with van der Waals surface area (Å²) in [5.74, 6) is -0.727. The average Bonchev–Trinajstić information content (AvgIpc) is 2.60. The maximum atomic E-state index is 13.4. The lowest BCUT2D eigenvalue weighted by molar-refractivity contribution is -0.259. The number of rotatable bonds is 8. The number of hydrogen-bond acceptors (Lipinski definition) is 6. The SMILES string of the molecule is O=C(CCCOC(=O)C12CC3CC(CC(C3)C1)C2)OC(C(F)(F)F)C(F)(F)S(=O)(=O)O. The Hall–Kier alpha value is -1.50. The second-order valence-electron chi connectivity index (χ2n) is 8.89. The summed E-state index contributed by atoms with van der Waals surface area (Å²) in [5.41, 5.74) is -0.561. The van der Waals surface area contributed by atoms with E-state index in [0.717, 1.165) is 38.5 Å². The number of carbonyl (C=O) groups is 2. The van der Waals surface area contributed by atoms with Crippen molar-refractivity contribution in [2.75, 3.05) is 6.61 Å². The Morgan fingerprint density at radius 2 is 1.48 bits per heavy atom. The molecule has 0 amide bonds. The monoisotopic (exact) mass is 478 g/mol. The molecule has 4 saturated carbocycles. The van der Waals surface area contributed by atoms with Gasteiger partial charge in [0.25, 0.3) is 6.10 Å². The molecule has 4 aliphatic carbocycles. The van der Waals surface area contributed by atoms with Gasteiger partial charge in [0, 0.05) is 6.42 Å². The third kappa shape index (κ3) is 4.96. The van der Waals surface area contributed by atoms with E-state index in [1.54, 1.807) is 0 Å². The van der Waals surface area contributed by atoms with Gasteiger partial charge in [0.15, 0.2) is 0 Å². The lowest BCUT2D eigenvalue weighted by Crippen LogP contribution is -2.52. The maximum Gasteiger partial charge on any atom is 0.432 e. The first-order valence-electron chi connectivity index (χ1n) is 9.92. The van der Waals surface area contributed by atoms with E-state index >= 15 is 0 Å². The second-order valence-corrected chi connectivity index (χ2v) is 10.4. The summed E-state index contributed by atoms with van der Waals surface area (Å²) < 4.78 is 103. The van der Waals surface area contributed by atoms with Gasteiger partial charge in [-0.3, -0.25) is 14.1 Å². The molecule has 4 aliphatic rings. The Morgan fingerprint density at radius 3 is 1.90 bits per heavy atom. The zero-order chi connectivity index (χ0) is 23.2. The number of alkyl halides is 5. The predicted molar refractivity (Wildman–Crippen MR) is 93.2 cm³/mol. The van der Waals surface area contributed by atoms with Crippen molar-refractivity contribution in [2.24, 2.45) is 23.2 Å². The minimum atomic E-state index is -6.49. The van der Waals surface area contributed by atoms with Gasteiger partial charge in [-0.1, -0.05) is 0 Å². The second kappa shape index (κ2) is 8.13. The van der Waals surface area contributed by atoms with Crippen LogP contribution in [0.3, 0.4) is 0 Å². The van der Waals surface area contributed by atoms with Gasteiger partial charge in [-0.2, -0.15) is 30.4 Å². The number of esters is 2. The molecule has 13 heteroatoms. The van der Waals surface area contributed by atoms with Crippen LogP contribution in [0.15, 0.2) is 0 Å². The third-order valence-electron chi connectivity index (χ3n) is 6.43. The van der Waals surface area contributed by atoms with Gasteiger partial charge < -0.3 is 9.47 Å². The molecule has 31 heavy (non-hydrogen) atoms. The van der Waals surface area contributed by atoms with Crippen LogP contribution in [0.1, 0.15) is 51.4 Å². The van der Waals surface area contributed by atoms with Crippen LogP contribution in [0, 0.1) is 23.2 Å². The van der Waals surface area contributed by atoms with Gasteiger partial charge in [0.05, 0.1) is 12.0 Å². The first-order valence-corrected chi connectivity index (χ1v) is 11.4. The van der Waals surface area contributed by atoms with E-state index in [-0.39, 0.29) is 13.0 Å². The molecular weight excluding hydrogens is 455 g/mol. The lowest BCUT2D eigenvalue weighted by atomic mass is 9.49. The van der Waals surface area contributed by atoms with Crippen molar-refractivity contribution in [1.29, 1.82) is 0 Å². The van der Waals surface area contributed by atoms with Crippen molar-refractivity contribution in [3.05, 3.63) is 0 Å². The number of carbonyl (C=O) groups excluding carboxylic acids is 2. The molecule has 1 atom stereocenters. The van der Waals surface area contributed by atoms with Crippen LogP contribution < -0.4 is 0 Å². The molecule has 4 fully saturated rings. The summed E-state index contributed by atoms with van der Waals surface area (Å²) in [5, 5.41) is -5.77. The van der Waals surface area contributed by atoms with Crippen molar-refractivity contribution in [3.63, 3.8) is 0 Å². The van der Waals surface area contributed by atoms with E-state index in [2.05, 4.69) is 4.74 Å². The minimum Gasteiger partial charge on any atom is -0.465 e. The van der Waals surface area contributed by atoms with Gasteiger partial charge in [0.1, 0.15) is 0 Å². The van der Waals surface area contributed by atoms with Gasteiger partial charge in [-0.15, -0.1) is 0 Å². The zero-order valence-corrected chi connectivity index (χ0v) is 17.2. The van der Waals surface area contributed by atoms with Crippen LogP contribution in [-0.2, 0) is 29.2 Å². The Labute approximate surface area is 175 Å². The number of halogens is 5. The highest BCUT2D eigenvalue weighted by Gasteiger charge is 2.66. The molecule has 0 radical (unpaired) electrons. The first-order chi connectivity index (χ1) is 14.1. The topological polar surface area (TPSA) is 107 Å². The molecule has 0 aromatic rings. The van der Waals surface area contributed by atoms with Gasteiger partial charge in [-0.25, -0.2) is 0 Å². The summed E-state index contributed by atoms with van der Waals surface area (Å²) in [6, 6.07) is 0. The van der Waals surface area contributed by atoms with Crippen LogP contribution >= 0.6 is 0 Å². The van der Waals surface area contributed by atoms with Gasteiger partial charge in [0.2, 0.25) is 0 Å². The van der Waals surface area contributed by atoms with E-state index in [4.69, 9.17) is 9.29 Å².